The average Bonchev–Trinajstić information content (AvgIpc) is 3.47. The van der Waals surface area contributed by atoms with Crippen LogP contribution in [0.5, 0.6) is 5.88 Å². The quantitative estimate of drug-likeness (QED) is 0.670. The van der Waals surface area contributed by atoms with Crippen molar-refractivity contribution in [2.75, 3.05) is 6.54 Å². The van der Waals surface area contributed by atoms with Crippen LogP contribution in [0.25, 0.3) is 5.69 Å². The molecule has 1 aliphatic heterocycles. The molecule has 1 aliphatic carbocycles. The third-order valence-electron chi connectivity index (χ3n) is 5.72. The van der Waals surface area contributed by atoms with Gasteiger partial charge in [0, 0.05) is 35.1 Å². The Morgan fingerprint density at radius 2 is 1.89 bits per heavy atom. The zero-order valence-corrected chi connectivity index (χ0v) is 16.5. The van der Waals surface area contributed by atoms with E-state index >= 15 is 0 Å². The summed E-state index contributed by atoms with van der Waals surface area (Å²) in [6, 6.07) is 12.0. The summed E-state index contributed by atoms with van der Waals surface area (Å²) in [7, 11) is 0. The largest absolute Gasteiger partial charge is 0.493 e. The predicted octanol–water partition coefficient (Wildman–Crippen LogP) is 4.29. The van der Waals surface area contributed by atoms with Crippen molar-refractivity contribution in [3.05, 3.63) is 79.8 Å². The van der Waals surface area contributed by atoms with Crippen LogP contribution in [-0.4, -0.2) is 32.1 Å². The summed E-state index contributed by atoms with van der Waals surface area (Å²) in [4.78, 5) is 17.3. The molecule has 5 rings (SSSR count). The number of aromatic amines is 1. The fourth-order valence-electron chi connectivity index (χ4n) is 4.26. The number of imidazole rings is 1. The third kappa shape index (κ3) is 2.94. The number of rotatable bonds is 3. The van der Waals surface area contributed by atoms with E-state index in [-0.39, 0.29) is 17.5 Å². The predicted molar refractivity (Wildman–Crippen MR) is 110 cm³/mol. The van der Waals surface area contributed by atoms with Crippen LogP contribution < -0.4 is 5.69 Å². The summed E-state index contributed by atoms with van der Waals surface area (Å²) in [5.41, 5.74) is 3.43. The number of H-pyrrole nitrogens is 1. The maximum absolute atomic E-state index is 12.3. The van der Waals surface area contributed by atoms with Gasteiger partial charge in [0.25, 0.3) is 0 Å². The SMILES string of the molecule is O=c1[nH]cc(O)n1-c1ccccc1C1CN(C2CC2)Cc2c(Cl)cc(Cl)cc21. The lowest BCUT2D eigenvalue weighted by atomic mass is 9.83. The smallest absolute Gasteiger partial charge is 0.333 e. The van der Waals surface area contributed by atoms with Crippen molar-refractivity contribution in [1.82, 2.24) is 14.5 Å². The van der Waals surface area contributed by atoms with Crippen LogP contribution in [0.4, 0.5) is 0 Å². The number of hydrogen-bond acceptors (Lipinski definition) is 3. The van der Waals surface area contributed by atoms with Crippen molar-refractivity contribution in [2.45, 2.75) is 31.3 Å². The molecule has 1 saturated carbocycles. The third-order valence-corrected chi connectivity index (χ3v) is 6.28. The van der Waals surface area contributed by atoms with Crippen molar-refractivity contribution in [3.8, 4) is 11.6 Å². The highest BCUT2D eigenvalue weighted by atomic mass is 35.5. The van der Waals surface area contributed by atoms with Crippen LogP contribution in [0.15, 0.2) is 47.4 Å². The number of benzene rings is 2. The Hall–Kier alpha value is -2.21. The number of nitrogens with zero attached hydrogens (tertiary/aromatic N) is 2. The zero-order valence-electron chi connectivity index (χ0n) is 15.0. The Balaban J connectivity index is 1.71. The molecule has 0 saturated heterocycles. The zero-order chi connectivity index (χ0) is 19.4. The molecule has 7 heteroatoms. The molecule has 0 amide bonds. The fraction of sp³-hybridized carbons (Fsp3) is 0.286. The Labute approximate surface area is 172 Å². The summed E-state index contributed by atoms with van der Waals surface area (Å²) < 4.78 is 1.30. The first kappa shape index (κ1) is 17.9. The molecule has 3 aromatic rings. The van der Waals surface area contributed by atoms with E-state index in [4.69, 9.17) is 23.2 Å². The van der Waals surface area contributed by atoms with Crippen molar-refractivity contribution in [3.63, 3.8) is 0 Å². The number of fused-ring (bicyclic) bond motifs is 1. The van der Waals surface area contributed by atoms with Crippen molar-refractivity contribution < 1.29 is 5.11 Å². The maximum Gasteiger partial charge on any atom is 0.333 e. The monoisotopic (exact) mass is 415 g/mol. The highest BCUT2D eigenvalue weighted by Crippen LogP contribution is 2.43. The molecule has 2 aromatic carbocycles. The van der Waals surface area contributed by atoms with E-state index in [0.717, 1.165) is 29.8 Å². The van der Waals surface area contributed by atoms with Gasteiger partial charge in [-0.25, -0.2) is 9.36 Å². The minimum absolute atomic E-state index is 0.00190. The average molecular weight is 416 g/mol. The van der Waals surface area contributed by atoms with E-state index in [1.54, 1.807) is 6.07 Å². The molecule has 5 nitrogen and oxygen atoms in total. The van der Waals surface area contributed by atoms with E-state index in [9.17, 15) is 9.90 Å². The van der Waals surface area contributed by atoms with Crippen LogP contribution in [-0.2, 0) is 6.54 Å². The molecular weight excluding hydrogens is 397 g/mol. The molecule has 28 heavy (non-hydrogen) atoms. The van der Waals surface area contributed by atoms with Gasteiger partial charge in [0.1, 0.15) is 0 Å². The fourth-order valence-corrected chi connectivity index (χ4v) is 4.83. The van der Waals surface area contributed by atoms with Gasteiger partial charge in [-0.2, -0.15) is 0 Å². The highest BCUT2D eigenvalue weighted by Gasteiger charge is 2.37. The highest BCUT2D eigenvalue weighted by molar-refractivity contribution is 6.35. The van der Waals surface area contributed by atoms with Crippen LogP contribution in [0.3, 0.4) is 0 Å². The second-order valence-corrected chi connectivity index (χ2v) is 8.36. The second kappa shape index (κ2) is 6.69. The normalized spacial score (nSPS) is 19.6. The molecule has 2 heterocycles. The van der Waals surface area contributed by atoms with E-state index < -0.39 is 0 Å². The number of aromatic nitrogens is 2. The van der Waals surface area contributed by atoms with E-state index in [1.807, 2.05) is 30.3 Å². The molecule has 0 spiro atoms. The van der Waals surface area contributed by atoms with Gasteiger partial charge in [0.15, 0.2) is 0 Å². The van der Waals surface area contributed by atoms with Gasteiger partial charge in [-0.3, -0.25) is 4.90 Å². The minimum Gasteiger partial charge on any atom is -0.493 e. The first-order valence-corrected chi connectivity index (χ1v) is 10.1. The standard InChI is InChI=1S/C21H19Cl2N3O2/c22-12-7-15-16(10-25(13-5-6-13)11-17(15)18(23)8-12)14-3-1-2-4-19(14)26-20(27)9-24-21(26)28/h1-4,7-9,13,16,27H,5-6,10-11H2,(H,24,28). The summed E-state index contributed by atoms with van der Waals surface area (Å²) in [5, 5.41) is 11.5. The van der Waals surface area contributed by atoms with Crippen LogP contribution in [0, 0.1) is 0 Å². The maximum atomic E-state index is 12.3. The lowest BCUT2D eigenvalue weighted by Gasteiger charge is -2.36. The summed E-state index contributed by atoms with van der Waals surface area (Å²) in [5.74, 6) is -0.116. The summed E-state index contributed by atoms with van der Waals surface area (Å²) in [6.07, 6.45) is 3.71. The van der Waals surface area contributed by atoms with Crippen molar-refractivity contribution in [2.24, 2.45) is 0 Å². The molecule has 144 valence electrons. The summed E-state index contributed by atoms with van der Waals surface area (Å²) >= 11 is 12.9. The molecule has 1 unspecified atom stereocenters. The molecule has 0 bridgehead atoms. The molecule has 0 radical (unpaired) electrons. The lowest BCUT2D eigenvalue weighted by Crippen LogP contribution is -2.36. The van der Waals surface area contributed by atoms with Gasteiger partial charge in [-0.05, 0) is 47.7 Å². The summed E-state index contributed by atoms with van der Waals surface area (Å²) in [6.45, 7) is 1.63. The van der Waals surface area contributed by atoms with Crippen LogP contribution in [0.2, 0.25) is 10.0 Å². The number of hydrogen-bond donors (Lipinski definition) is 2. The molecule has 1 fully saturated rings. The van der Waals surface area contributed by atoms with Gasteiger partial charge in [0.2, 0.25) is 5.88 Å². The van der Waals surface area contributed by atoms with Crippen molar-refractivity contribution >= 4 is 23.2 Å². The first-order valence-electron chi connectivity index (χ1n) is 9.33. The number of halogens is 2. The molecule has 2 aliphatic rings. The van der Waals surface area contributed by atoms with E-state index in [0.29, 0.717) is 21.8 Å². The number of nitrogens with one attached hydrogen (secondary N) is 1. The second-order valence-electron chi connectivity index (χ2n) is 7.51. The molecule has 1 aromatic heterocycles. The molecule has 2 N–H and O–H groups in total. The van der Waals surface area contributed by atoms with Gasteiger partial charge >= 0.3 is 5.69 Å². The van der Waals surface area contributed by atoms with E-state index in [2.05, 4.69) is 9.88 Å². The molecular formula is C21H19Cl2N3O2. The van der Waals surface area contributed by atoms with Crippen LogP contribution >= 0.6 is 23.2 Å². The van der Waals surface area contributed by atoms with Gasteiger partial charge < -0.3 is 10.1 Å². The Morgan fingerprint density at radius 3 is 2.61 bits per heavy atom. The van der Waals surface area contributed by atoms with E-state index in [1.165, 1.54) is 23.6 Å². The minimum atomic E-state index is -0.371. The van der Waals surface area contributed by atoms with Crippen molar-refractivity contribution in [1.29, 1.82) is 0 Å². The van der Waals surface area contributed by atoms with Crippen LogP contribution in [0.1, 0.15) is 35.4 Å². The first-order chi connectivity index (χ1) is 13.5. The lowest BCUT2D eigenvalue weighted by molar-refractivity contribution is 0.230. The van der Waals surface area contributed by atoms with Gasteiger partial charge in [0.05, 0.1) is 11.9 Å². The Morgan fingerprint density at radius 1 is 1.11 bits per heavy atom. The van der Waals surface area contributed by atoms with Gasteiger partial charge in [-0.15, -0.1) is 0 Å². The number of para-hydroxylation sites is 1. The number of aromatic hydroxyl groups is 1. The topological polar surface area (TPSA) is 61.3 Å². The van der Waals surface area contributed by atoms with Gasteiger partial charge in [-0.1, -0.05) is 41.4 Å². The molecule has 1 atom stereocenters. The Kier molecular flexibility index (Phi) is 4.27. The Bertz CT molecular complexity index is 1120.